The van der Waals surface area contributed by atoms with Gasteiger partial charge in [0.2, 0.25) is 0 Å². The smallest absolute Gasteiger partial charge is 0.110 e. The third-order valence-corrected chi connectivity index (χ3v) is 1.83. The highest BCUT2D eigenvalue weighted by Gasteiger charge is 1.91. The molecule has 2 N–H and O–H groups in total. The number of thiazole rings is 1. The maximum atomic E-state index is 4.03. The van der Waals surface area contributed by atoms with Crippen molar-refractivity contribution in [1.82, 2.24) is 15.8 Å². The average molecular weight is 138 g/mol. The number of hydrazine groups is 1. The highest BCUT2D eigenvalue weighted by Crippen LogP contribution is 1.75. The standard InChI is InChI=1S/C5H4N3S/c1-4-5(2-8-7-1)9-3-6-4/h2-3,7-8H. The SMILES string of the molecule is [C]1=c2ncsc2=CNN1. The summed E-state index contributed by atoms with van der Waals surface area (Å²) in [5.74, 6) is 0. The monoisotopic (exact) mass is 138 g/mol. The van der Waals surface area contributed by atoms with Gasteiger partial charge in [0.1, 0.15) is 11.5 Å². The Morgan fingerprint density at radius 3 is 3.56 bits per heavy atom. The van der Waals surface area contributed by atoms with Crippen LogP contribution in [0.5, 0.6) is 0 Å². The normalized spacial score (nSPS) is 13.8. The van der Waals surface area contributed by atoms with Gasteiger partial charge in [0.05, 0.1) is 10.0 Å². The molecule has 0 saturated carbocycles. The number of nitrogens with one attached hydrogen (secondary N) is 2. The van der Waals surface area contributed by atoms with Gasteiger partial charge >= 0.3 is 0 Å². The highest BCUT2D eigenvalue weighted by molar-refractivity contribution is 7.07. The van der Waals surface area contributed by atoms with Gasteiger partial charge in [0, 0.05) is 6.20 Å². The quantitative estimate of drug-likeness (QED) is 0.463. The molecule has 1 aromatic heterocycles. The van der Waals surface area contributed by atoms with Crippen molar-refractivity contribution in [3.63, 3.8) is 0 Å². The Balaban J connectivity index is 2.89. The predicted octanol–water partition coefficient (Wildman–Crippen LogP) is -1.40. The lowest BCUT2D eigenvalue weighted by Gasteiger charge is -1.98. The summed E-state index contributed by atoms with van der Waals surface area (Å²) in [4.78, 5) is 4.03. The zero-order chi connectivity index (χ0) is 6.10. The Hall–Kier alpha value is -1.03. The lowest BCUT2D eigenvalue weighted by atomic mass is 10.6. The number of fused-ring (bicyclic) bond motifs is 1. The maximum Gasteiger partial charge on any atom is 0.110 e. The van der Waals surface area contributed by atoms with Gasteiger partial charge in [-0.05, 0) is 0 Å². The Morgan fingerprint density at radius 2 is 2.67 bits per heavy atom. The number of aromatic nitrogens is 1. The van der Waals surface area contributed by atoms with E-state index in [0.29, 0.717) is 0 Å². The molecule has 1 aliphatic heterocycles. The molecule has 45 valence electrons. The third-order valence-electron chi connectivity index (χ3n) is 1.05. The van der Waals surface area contributed by atoms with Crippen LogP contribution in [-0.2, 0) is 0 Å². The van der Waals surface area contributed by atoms with Crippen LogP contribution in [0.1, 0.15) is 0 Å². The van der Waals surface area contributed by atoms with Gasteiger partial charge in [-0.15, -0.1) is 11.3 Å². The van der Waals surface area contributed by atoms with E-state index < -0.39 is 0 Å². The van der Waals surface area contributed by atoms with Crippen molar-refractivity contribution in [3.8, 4) is 0 Å². The second-order valence-electron chi connectivity index (χ2n) is 1.60. The Labute approximate surface area is 55.7 Å². The van der Waals surface area contributed by atoms with Crippen molar-refractivity contribution in [2.75, 3.05) is 0 Å². The average Bonchev–Trinajstić information content (AvgIpc) is 2.33. The Morgan fingerprint density at radius 1 is 1.67 bits per heavy atom. The highest BCUT2D eigenvalue weighted by atomic mass is 32.1. The predicted molar refractivity (Wildman–Crippen MR) is 35.5 cm³/mol. The first-order valence-electron chi connectivity index (χ1n) is 2.50. The van der Waals surface area contributed by atoms with Crippen molar-refractivity contribution in [2.24, 2.45) is 0 Å². The van der Waals surface area contributed by atoms with Gasteiger partial charge in [0.15, 0.2) is 0 Å². The summed E-state index contributed by atoms with van der Waals surface area (Å²) in [5, 5.41) is 0.888. The molecule has 1 aliphatic rings. The van der Waals surface area contributed by atoms with Crippen LogP contribution in [0.2, 0.25) is 0 Å². The molecule has 0 aromatic carbocycles. The van der Waals surface area contributed by atoms with Gasteiger partial charge in [-0.1, -0.05) is 0 Å². The molecule has 9 heavy (non-hydrogen) atoms. The molecule has 0 atom stereocenters. The Kier molecular flexibility index (Phi) is 0.927. The van der Waals surface area contributed by atoms with Crippen LogP contribution in [0.25, 0.3) is 12.4 Å². The molecule has 3 nitrogen and oxygen atoms in total. The van der Waals surface area contributed by atoms with E-state index in [1.807, 2.05) is 6.20 Å². The molecule has 4 heteroatoms. The number of hydrogen-bond donors (Lipinski definition) is 2. The van der Waals surface area contributed by atoms with Gasteiger partial charge in [-0.3, -0.25) is 5.43 Å². The topological polar surface area (TPSA) is 37.0 Å². The maximum absolute atomic E-state index is 4.03. The van der Waals surface area contributed by atoms with Crippen molar-refractivity contribution < 1.29 is 0 Å². The molecule has 1 aromatic rings. The van der Waals surface area contributed by atoms with E-state index in [1.165, 1.54) is 0 Å². The molecule has 2 rings (SSSR count). The summed E-state index contributed by atoms with van der Waals surface area (Å²) in [5.41, 5.74) is 7.32. The Bertz CT molecular complexity index is 283. The summed E-state index contributed by atoms with van der Waals surface area (Å²) < 4.78 is 1.12. The molecule has 0 aliphatic carbocycles. The van der Waals surface area contributed by atoms with E-state index >= 15 is 0 Å². The van der Waals surface area contributed by atoms with Crippen molar-refractivity contribution in [3.05, 3.63) is 15.4 Å². The molecular formula is C5H4N3S. The minimum Gasteiger partial charge on any atom is -0.307 e. The third kappa shape index (κ3) is 0.675. The summed E-state index contributed by atoms with van der Waals surface area (Å²) in [6.07, 6.45) is 4.71. The summed E-state index contributed by atoms with van der Waals surface area (Å²) in [6, 6.07) is 0. The fraction of sp³-hybridized carbons (Fsp3) is 0. The van der Waals surface area contributed by atoms with Gasteiger partial charge < -0.3 is 5.43 Å². The van der Waals surface area contributed by atoms with Gasteiger partial charge in [-0.2, -0.15) is 0 Å². The molecule has 0 bridgehead atoms. The second kappa shape index (κ2) is 1.73. The first-order valence-corrected chi connectivity index (χ1v) is 3.38. The van der Waals surface area contributed by atoms with Crippen molar-refractivity contribution in [1.29, 1.82) is 0 Å². The van der Waals surface area contributed by atoms with Crippen molar-refractivity contribution >= 4 is 23.7 Å². The molecular weight excluding hydrogens is 134 g/mol. The molecule has 0 spiro atoms. The van der Waals surface area contributed by atoms with E-state index in [9.17, 15) is 0 Å². The van der Waals surface area contributed by atoms with Gasteiger partial charge in [0.25, 0.3) is 0 Å². The van der Waals surface area contributed by atoms with E-state index in [0.717, 1.165) is 9.88 Å². The number of rotatable bonds is 0. The van der Waals surface area contributed by atoms with Crippen LogP contribution < -0.4 is 20.7 Å². The van der Waals surface area contributed by atoms with E-state index in [2.05, 4.69) is 22.0 Å². The van der Waals surface area contributed by atoms with Crippen LogP contribution in [0.15, 0.2) is 5.51 Å². The van der Waals surface area contributed by atoms with Crippen LogP contribution in [-0.4, -0.2) is 4.98 Å². The molecule has 0 fully saturated rings. The summed E-state index contributed by atoms with van der Waals surface area (Å²) in [6.45, 7) is 0. The van der Waals surface area contributed by atoms with E-state index in [4.69, 9.17) is 0 Å². The lowest BCUT2D eigenvalue weighted by molar-refractivity contribution is 0.842. The molecule has 2 heterocycles. The summed E-state index contributed by atoms with van der Waals surface area (Å²) in [7, 11) is 0. The van der Waals surface area contributed by atoms with Crippen LogP contribution in [0.3, 0.4) is 0 Å². The molecule has 1 radical (unpaired) electrons. The molecule has 0 saturated heterocycles. The molecule has 0 unspecified atom stereocenters. The second-order valence-corrected chi connectivity index (χ2v) is 2.49. The van der Waals surface area contributed by atoms with Gasteiger partial charge in [-0.25, -0.2) is 4.98 Å². The first-order chi connectivity index (χ1) is 4.47. The fourth-order valence-electron chi connectivity index (χ4n) is 0.648. The van der Waals surface area contributed by atoms with E-state index in [1.54, 1.807) is 16.8 Å². The first kappa shape index (κ1) is 4.81. The van der Waals surface area contributed by atoms with Crippen LogP contribution >= 0.6 is 11.3 Å². The van der Waals surface area contributed by atoms with Crippen LogP contribution in [0, 0.1) is 0 Å². The number of nitrogens with zero attached hydrogens (tertiary/aromatic N) is 1. The minimum atomic E-state index is 0.888. The number of hydrogen-bond acceptors (Lipinski definition) is 4. The minimum absolute atomic E-state index is 0.888. The zero-order valence-corrected chi connectivity index (χ0v) is 5.33. The van der Waals surface area contributed by atoms with Crippen molar-refractivity contribution in [2.45, 2.75) is 0 Å². The lowest BCUT2D eigenvalue weighted by Crippen LogP contribution is -2.37. The summed E-state index contributed by atoms with van der Waals surface area (Å²) >= 11 is 1.59. The van der Waals surface area contributed by atoms with Crippen LogP contribution in [0.4, 0.5) is 0 Å². The zero-order valence-electron chi connectivity index (χ0n) is 4.51. The fourth-order valence-corrected chi connectivity index (χ4v) is 1.26. The molecule has 0 amide bonds. The van der Waals surface area contributed by atoms with E-state index in [-0.39, 0.29) is 0 Å². The largest absolute Gasteiger partial charge is 0.307 e.